The Kier molecular flexibility index (Phi) is 3.23. The fourth-order valence-corrected chi connectivity index (χ4v) is 3.53. The molecule has 0 saturated carbocycles. The van der Waals surface area contributed by atoms with Gasteiger partial charge in [-0.05, 0) is 24.1 Å². The minimum absolute atomic E-state index is 0.210. The lowest BCUT2D eigenvalue weighted by Crippen LogP contribution is -1.99. The highest BCUT2D eigenvalue weighted by molar-refractivity contribution is 7.19. The Morgan fingerprint density at radius 2 is 1.85 bits per heavy atom. The van der Waals surface area contributed by atoms with Crippen molar-refractivity contribution in [2.75, 3.05) is 11.5 Å². The lowest BCUT2D eigenvalue weighted by Gasteiger charge is -2.05. The summed E-state index contributed by atoms with van der Waals surface area (Å²) in [4.78, 5) is 10.4. The zero-order valence-corrected chi connectivity index (χ0v) is 12.4. The van der Waals surface area contributed by atoms with Crippen molar-refractivity contribution in [3.8, 4) is 11.1 Å². The van der Waals surface area contributed by atoms with E-state index in [1.54, 1.807) is 11.3 Å². The maximum Gasteiger partial charge on any atom is 0.223 e. The molecule has 0 saturated heterocycles. The Morgan fingerprint density at radius 1 is 1.15 bits per heavy atom. The summed E-state index contributed by atoms with van der Waals surface area (Å²) in [6.07, 6.45) is 0.901. The van der Waals surface area contributed by atoms with Crippen LogP contribution in [0.25, 0.3) is 21.3 Å². The van der Waals surface area contributed by atoms with Crippen LogP contribution in [0.1, 0.15) is 11.8 Å². The Balaban J connectivity index is 2.35. The van der Waals surface area contributed by atoms with Gasteiger partial charge in [-0.25, -0.2) is 4.98 Å². The molecular formula is C14H13ClN4S. The van der Waals surface area contributed by atoms with Gasteiger partial charge in [0.15, 0.2) is 0 Å². The number of benzene rings is 1. The molecule has 0 spiro atoms. The fourth-order valence-electron chi connectivity index (χ4n) is 2.26. The van der Waals surface area contributed by atoms with E-state index in [4.69, 9.17) is 23.1 Å². The van der Waals surface area contributed by atoms with Gasteiger partial charge in [0.2, 0.25) is 5.95 Å². The number of halogens is 1. The molecule has 0 radical (unpaired) electrons. The minimum Gasteiger partial charge on any atom is -0.383 e. The summed E-state index contributed by atoms with van der Waals surface area (Å²) >= 11 is 7.56. The summed E-state index contributed by atoms with van der Waals surface area (Å²) in [6, 6.07) is 7.71. The van der Waals surface area contributed by atoms with Crippen LogP contribution in [0.4, 0.5) is 11.8 Å². The Labute approximate surface area is 125 Å². The lowest BCUT2D eigenvalue weighted by molar-refractivity contribution is 1.19. The molecule has 0 aliphatic rings. The molecule has 2 aromatic heterocycles. The molecule has 4 nitrogen and oxygen atoms in total. The summed E-state index contributed by atoms with van der Waals surface area (Å²) < 4.78 is 0. The summed E-state index contributed by atoms with van der Waals surface area (Å²) in [5.74, 6) is 0.634. The molecule has 3 aromatic rings. The Morgan fingerprint density at radius 3 is 2.50 bits per heavy atom. The highest BCUT2D eigenvalue weighted by atomic mass is 35.5. The second-order valence-electron chi connectivity index (χ2n) is 4.41. The van der Waals surface area contributed by atoms with E-state index in [0.717, 1.165) is 27.8 Å². The first-order valence-electron chi connectivity index (χ1n) is 6.20. The third-order valence-electron chi connectivity index (χ3n) is 3.12. The van der Waals surface area contributed by atoms with Gasteiger partial charge in [-0.1, -0.05) is 30.7 Å². The van der Waals surface area contributed by atoms with E-state index in [-0.39, 0.29) is 5.95 Å². The van der Waals surface area contributed by atoms with Crippen LogP contribution in [0, 0.1) is 0 Å². The molecule has 2 heterocycles. The maximum absolute atomic E-state index is 6.04. The number of nitrogens with zero attached hydrogens (tertiary/aromatic N) is 2. The SMILES string of the molecule is CCc1sc2nc(N)nc(N)c2c1-c1ccc(Cl)cc1. The number of aromatic nitrogens is 2. The van der Waals surface area contributed by atoms with E-state index in [0.29, 0.717) is 10.8 Å². The van der Waals surface area contributed by atoms with Crippen LogP contribution in [0.2, 0.25) is 5.02 Å². The average molecular weight is 305 g/mol. The number of nitrogens with two attached hydrogens (primary N) is 2. The quantitative estimate of drug-likeness (QED) is 0.756. The second kappa shape index (κ2) is 4.92. The molecule has 0 aliphatic heterocycles. The van der Waals surface area contributed by atoms with E-state index < -0.39 is 0 Å². The van der Waals surface area contributed by atoms with Gasteiger partial charge >= 0.3 is 0 Å². The number of hydrogen-bond acceptors (Lipinski definition) is 5. The summed E-state index contributed by atoms with van der Waals surface area (Å²) in [5, 5.41) is 1.59. The van der Waals surface area contributed by atoms with Gasteiger partial charge in [0.1, 0.15) is 10.6 Å². The molecule has 3 rings (SSSR count). The zero-order chi connectivity index (χ0) is 14.3. The van der Waals surface area contributed by atoms with Crippen LogP contribution in [0.5, 0.6) is 0 Å². The van der Waals surface area contributed by atoms with E-state index in [1.807, 2.05) is 24.3 Å². The van der Waals surface area contributed by atoms with Crippen molar-refractivity contribution in [3.05, 3.63) is 34.2 Å². The molecule has 0 amide bonds. The molecule has 20 heavy (non-hydrogen) atoms. The van der Waals surface area contributed by atoms with Gasteiger partial charge in [-0.15, -0.1) is 11.3 Å². The van der Waals surface area contributed by atoms with E-state index in [1.165, 1.54) is 4.88 Å². The first kappa shape index (κ1) is 13.1. The maximum atomic E-state index is 6.04. The van der Waals surface area contributed by atoms with E-state index in [9.17, 15) is 0 Å². The minimum atomic E-state index is 0.210. The fraction of sp³-hybridized carbons (Fsp3) is 0.143. The molecule has 0 unspecified atom stereocenters. The number of thiophene rings is 1. The van der Waals surface area contributed by atoms with Crippen LogP contribution in [0.15, 0.2) is 24.3 Å². The predicted octanol–water partition coefficient (Wildman–Crippen LogP) is 3.74. The van der Waals surface area contributed by atoms with Crippen molar-refractivity contribution in [1.29, 1.82) is 0 Å². The molecule has 0 aliphatic carbocycles. The topological polar surface area (TPSA) is 77.8 Å². The second-order valence-corrected chi connectivity index (χ2v) is 5.93. The van der Waals surface area contributed by atoms with Crippen LogP contribution < -0.4 is 11.5 Å². The van der Waals surface area contributed by atoms with Gasteiger partial charge in [0.05, 0.1) is 5.39 Å². The summed E-state index contributed by atoms with van der Waals surface area (Å²) in [6.45, 7) is 2.11. The summed E-state index contributed by atoms with van der Waals surface area (Å²) in [7, 11) is 0. The summed E-state index contributed by atoms with van der Waals surface area (Å²) in [5.41, 5.74) is 13.9. The zero-order valence-electron chi connectivity index (χ0n) is 10.9. The van der Waals surface area contributed by atoms with Gasteiger partial charge in [-0.2, -0.15) is 4.98 Å². The largest absolute Gasteiger partial charge is 0.383 e. The molecule has 1 aromatic carbocycles. The van der Waals surface area contributed by atoms with Gasteiger partial charge in [0, 0.05) is 15.5 Å². The van der Waals surface area contributed by atoms with Crippen molar-refractivity contribution in [2.45, 2.75) is 13.3 Å². The predicted molar refractivity (Wildman–Crippen MR) is 86.1 cm³/mol. The van der Waals surface area contributed by atoms with Gasteiger partial charge < -0.3 is 11.5 Å². The average Bonchev–Trinajstić information content (AvgIpc) is 2.78. The first-order chi connectivity index (χ1) is 9.60. The third-order valence-corrected chi connectivity index (χ3v) is 4.60. The number of rotatable bonds is 2. The molecule has 0 bridgehead atoms. The number of aryl methyl sites for hydroxylation is 1. The van der Waals surface area contributed by atoms with Crippen molar-refractivity contribution in [3.63, 3.8) is 0 Å². The number of hydrogen-bond donors (Lipinski definition) is 2. The molecule has 4 N–H and O–H groups in total. The molecule has 102 valence electrons. The third kappa shape index (κ3) is 2.09. The van der Waals surface area contributed by atoms with Crippen LogP contribution in [0.3, 0.4) is 0 Å². The monoisotopic (exact) mass is 304 g/mol. The Bertz CT molecular complexity index is 780. The van der Waals surface area contributed by atoms with E-state index in [2.05, 4.69) is 16.9 Å². The molecule has 0 fully saturated rings. The highest BCUT2D eigenvalue weighted by Crippen LogP contribution is 2.41. The van der Waals surface area contributed by atoms with Crippen molar-refractivity contribution in [1.82, 2.24) is 9.97 Å². The number of fused-ring (bicyclic) bond motifs is 1. The van der Waals surface area contributed by atoms with Gasteiger partial charge in [-0.3, -0.25) is 0 Å². The number of anilines is 2. The van der Waals surface area contributed by atoms with Crippen molar-refractivity contribution < 1.29 is 0 Å². The molecule has 6 heteroatoms. The van der Waals surface area contributed by atoms with Crippen molar-refractivity contribution in [2.24, 2.45) is 0 Å². The van der Waals surface area contributed by atoms with Crippen LogP contribution >= 0.6 is 22.9 Å². The smallest absolute Gasteiger partial charge is 0.223 e. The highest BCUT2D eigenvalue weighted by Gasteiger charge is 2.17. The standard InChI is InChI=1S/C14H13ClN4S/c1-2-9-10(7-3-5-8(15)6-4-7)11-12(16)18-14(17)19-13(11)20-9/h3-6H,2H2,1H3,(H4,16,17,18,19). The molecular weight excluding hydrogens is 292 g/mol. The van der Waals surface area contributed by atoms with E-state index >= 15 is 0 Å². The van der Waals surface area contributed by atoms with Gasteiger partial charge in [0.25, 0.3) is 0 Å². The van der Waals surface area contributed by atoms with Crippen LogP contribution in [-0.2, 0) is 6.42 Å². The normalized spacial score (nSPS) is 11.1. The Hall–Kier alpha value is -1.85. The first-order valence-corrected chi connectivity index (χ1v) is 7.40. The lowest BCUT2D eigenvalue weighted by atomic mass is 10.0. The number of nitrogen functional groups attached to an aromatic ring is 2. The van der Waals surface area contributed by atoms with Crippen molar-refractivity contribution >= 4 is 44.9 Å². The van der Waals surface area contributed by atoms with Crippen LogP contribution in [-0.4, -0.2) is 9.97 Å². The molecule has 0 atom stereocenters.